The molecule has 1 fully saturated rings. The summed E-state index contributed by atoms with van der Waals surface area (Å²) in [5.74, 6) is -3.59. The van der Waals surface area contributed by atoms with Crippen molar-refractivity contribution in [3.8, 4) is 16.8 Å². The van der Waals surface area contributed by atoms with Gasteiger partial charge >= 0.3 is 0 Å². The summed E-state index contributed by atoms with van der Waals surface area (Å²) in [4.78, 5) is 53.4. The minimum absolute atomic E-state index is 0.0273. The molecule has 256 valence electrons. The van der Waals surface area contributed by atoms with Crippen molar-refractivity contribution >= 4 is 74.6 Å². The summed E-state index contributed by atoms with van der Waals surface area (Å²) < 4.78 is 34.5. The summed E-state index contributed by atoms with van der Waals surface area (Å²) >= 11 is 19.2. The van der Waals surface area contributed by atoms with Gasteiger partial charge in [-0.1, -0.05) is 69.1 Å². The van der Waals surface area contributed by atoms with Crippen LogP contribution in [0.1, 0.15) is 57.8 Å². The van der Waals surface area contributed by atoms with Gasteiger partial charge in [0.2, 0.25) is 11.8 Å². The third-order valence-corrected chi connectivity index (χ3v) is 9.90. The van der Waals surface area contributed by atoms with Gasteiger partial charge in [0.15, 0.2) is 11.6 Å². The standard InChI is InChI=1S/C34H32Cl3F2N7O3/c1-7-21(47)44-11-20-33(48)43-29-31(45(20)10-15(44)6)16-8-17(35)22(23-24(38)18(36)9-19(37)26(23)40)25(39)30(16)46(34(29)49)32-27(13(2)3)41-12-42-28(32)14(4)5/h7-9,12-15,20H,1,10-11,40H2,2-6H3,(H,43,48). The molecule has 10 nitrogen and oxygen atoms in total. The molecule has 2 amide bonds. The van der Waals surface area contributed by atoms with Crippen LogP contribution in [0.2, 0.25) is 15.1 Å². The average molecular weight is 731 g/mol. The summed E-state index contributed by atoms with van der Waals surface area (Å²) in [5.41, 5.74) is 5.01. The number of carbonyl (C=O) groups is 2. The Bertz CT molecular complexity index is 2120. The number of aromatic nitrogens is 3. The van der Waals surface area contributed by atoms with E-state index in [0.717, 1.165) is 10.6 Å². The van der Waals surface area contributed by atoms with E-state index in [0.29, 0.717) is 11.4 Å². The molecule has 0 spiro atoms. The predicted octanol–water partition coefficient (Wildman–Crippen LogP) is 7.06. The number of carbonyl (C=O) groups excluding carboxylic acids is 2. The monoisotopic (exact) mass is 729 g/mol. The molecule has 0 aliphatic carbocycles. The Labute approximate surface area is 295 Å². The van der Waals surface area contributed by atoms with E-state index in [1.165, 1.54) is 23.4 Å². The molecule has 2 aromatic carbocycles. The first-order chi connectivity index (χ1) is 23.1. The maximum atomic E-state index is 17.6. The molecule has 3 N–H and O–H groups in total. The Morgan fingerprint density at radius 1 is 0.980 bits per heavy atom. The number of nitrogens with two attached hydrogens (primary N) is 1. The summed E-state index contributed by atoms with van der Waals surface area (Å²) in [5, 5.41) is 2.05. The first-order valence-electron chi connectivity index (χ1n) is 15.5. The maximum absolute atomic E-state index is 17.6. The SMILES string of the molecule is C=CC(=O)N1CC2C(=O)Nc3c(c4cc(Cl)c(-c5c(N)c(Cl)cc(Cl)c5F)c(F)c4n(-c4c(C(C)C)ncnc4C(C)C)c3=O)N2CC1C. The summed E-state index contributed by atoms with van der Waals surface area (Å²) in [7, 11) is 0. The number of hydrogen-bond donors (Lipinski definition) is 2. The average Bonchev–Trinajstić information content (AvgIpc) is 3.05. The van der Waals surface area contributed by atoms with Gasteiger partial charge in [0.05, 0.1) is 55.6 Å². The Kier molecular flexibility index (Phi) is 8.87. The van der Waals surface area contributed by atoms with Crippen molar-refractivity contribution in [3.63, 3.8) is 0 Å². The molecule has 1 saturated heterocycles. The first kappa shape index (κ1) is 34.6. The van der Waals surface area contributed by atoms with Crippen molar-refractivity contribution in [1.82, 2.24) is 19.4 Å². The van der Waals surface area contributed by atoms with Gasteiger partial charge in [0.1, 0.15) is 18.1 Å². The van der Waals surface area contributed by atoms with E-state index in [9.17, 15) is 14.4 Å². The fraction of sp³-hybridized carbons (Fsp3) is 0.324. The molecule has 0 radical (unpaired) electrons. The molecule has 2 aromatic heterocycles. The van der Waals surface area contributed by atoms with E-state index >= 15 is 8.78 Å². The van der Waals surface area contributed by atoms with Gasteiger partial charge < -0.3 is 20.9 Å². The van der Waals surface area contributed by atoms with E-state index in [-0.39, 0.29) is 74.5 Å². The van der Waals surface area contributed by atoms with Gasteiger partial charge in [-0.3, -0.25) is 19.0 Å². The fourth-order valence-corrected chi connectivity index (χ4v) is 7.47. The molecule has 4 aromatic rings. The number of amides is 2. The number of hydrogen-bond acceptors (Lipinski definition) is 7. The van der Waals surface area contributed by atoms with Gasteiger partial charge in [-0.2, -0.15) is 0 Å². The maximum Gasteiger partial charge on any atom is 0.281 e. The van der Waals surface area contributed by atoms with Gasteiger partial charge in [-0.05, 0) is 37.0 Å². The summed E-state index contributed by atoms with van der Waals surface area (Å²) in [6.45, 7) is 12.9. The van der Waals surface area contributed by atoms with Crippen molar-refractivity contribution < 1.29 is 18.4 Å². The smallest absolute Gasteiger partial charge is 0.281 e. The number of benzene rings is 2. The third kappa shape index (κ3) is 5.32. The number of anilines is 3. The van der Waals surface area contributed by atoms with Crippen LogP contribution in [-0.2, 0) is 9.59 Å². The van der Waals surface area contributed by atoms with Crippen LogP contribution in [0.15, 0.2) is 35.9 Å². The molecule has 0 saturated carbocycles. The van der Waals surface area contributed by atoms with E-state index in [1.807, 2.05) is 27.7 Å². The Balaban J connectivity index is 1.81. The lowest BCUT2D eigenvalue weighted by molar-refractivity contribution is -0.130. The lowest BCUT2D eigenvalue weighted by atomic mass is 9.95. The minimum Gasteiger partial charge on any atom is -0.397 e. The van der Waals surface area contributed by atoms with E-state index < -0.39 is 51.3 Å². The van der Waals surface area contributed by atoms with E-state index in [2.05, 4.69) is 21.9 Å². The largest absolute Gasteiger partial charge is 0.397 e. The van der Waals surface area contributed by atoms with Crippen LogP contribution in [0.25, 0.3) is 27.7 Å². The number of piperazine rings is 1. The highest BCUT2D eigenvalue weighted by Crippen LogP contribution is 2.48. The zero-order valence-corrected chi connectivity index (χ0v) is 29.4. The molecule has 15 heteroatoms. The topological polar surface area (TPSA) is 126 Å². The van der Waals surface area contributed by atoms with Crippen LogP contribution in [0.4, 0.5) is 25.8 Å². The zero-order chi connectivity index (χ0) is 35.8. The van der Waals surface area contributed by atoms with Crippen LogP contribution >= 0.6 is 34.8 Å². The van der Waals surface area contributed by atoms with Crippen LogP contribution in [0.3, 0.4) is 0 Å². The van der Waals surface area contributed by atoms with Gasteiger partial charge in [-0.25, -0.2) is 18.7 Å². The number of rotatable bonds is 5. The number of pyridine rings is 1. The molecular formula is C34H32Cl3F2N7O3. The third-order valence-electron chi connectivity index (χ3n) is 9.01. The highest BCUT2D eigenvalue weighted by atomic mass is 35.5. The van der Waals surface area contributed by atoms with Gasteiger partial charge in [0, 0.05) is 29.1 Å². The van der Waals surface area contributed by atoms with Gasteiger partial charge in [-0.15, -0.1) is 0 Å². The van der Waals surface area contributed by atoms with E-state index in [1.54, 1.807) is 11.8 Å². The quantitative estimate of drug-likeness (QED) is 0.128. The lowest BCUT2D eigenvalue weighted by Gasteiger charge is -2.48. The Hall–Kier alpha value is -4.26. The lowest BCUT2D eigenvalue weighted by Crippen LogP contribution is -2.64. The first-order valence-corrected chi connectivity index (χ1v) is 16.6. The molecule has 2 atom stereocenters. The van der Waals surface area contributed by atoms with Crippen LogP contribution in [-0.4, -0.2) is 56.4 Å². The van der Waals surface area contributed by atoms with Crippen LogP contribution < -0.4 is 21.5 Å². The van der Waals surface area contributed by atoms with Crippen molar-refractivity contribution in [2.24, 2.45) is 0 Å². The van der Waals surface area contributed by atoms with Crippen molar-refractivity contribution in [2.45, 2.75) is 58.5 Å². The number of nitrogens with one attached hydrogen (secondary N) is 1. The second kappa shape index (κ2) is 12.6. The number of nitrogen functional groups attached to an aromatic ring is 1. The van der Waals surface area contributed by atoms with Gasteiger partial charge in [0.25, 0.3) is 5.56 Å². The predicted molar refractivity (Wildman–Crippen MR) is 189 cm³/mol. The van der Waals surface area contributed by atoms with Crippen LogP contribution in [0, 0.1) is 11.6 Å². The highest BCUT2D eigenvalue weighted by Gasteiger charge is 2.44. The molecular weight excluding hydrogens is 699 g/mol. The molecule has 49 heavy (non-hydrogen) atoms. The van der Waals surface area contributed by atoms with Crippen molar-refractivity contribution in [2.75, 3.05) is 29.0 Å². The molecule has 2 aliphatic heterocycles. The number of nitrogens with zero attached hydrogens (tertiary/aromatic N) is 5. The minimum atomic E-state index is -1.10. The molecule has 6 rings (SSSR count). The number of fused-ring (bicyclic) bond motifs is 5. The zero-order valence-electron chi connectivity index (χ0n) is 27.2. The number of halogens is 5. The summed E-state index contributed by atoms with van der Waals surface area (Å²) in [6.07, 6.45) is 2.54. The highest BCUT2D eigenvalue weighted by molar-refractivity contribution is 6.38. The molecule has 0 bridgehead atoms. The molecule has 2 unspecified atom stereocenters. The van der Waals surface area contributed by atoms with E-state index in [4.69, 9.17) is 40.5 Å². The Morgan fingerprint density at radius 2 is 1.61 bits per heavy atom. The second-order valence-electron chi connectivity index (χ2n) is 12.8. The normalized spacial score (nSPS) is 17.4. The molecule has 2 aliphatic rings. The van der Waals surface area contributed by atoms with Crippen molar-refractivity contribution in [1.29, 1.82) is 0 Å². The second-order valence-corrected chi connectivity index (χ2v) is 14.0. The van der Waals surface area contributed by atoms with Crippen molar-refractivity contribution in [3.05, 3.63) is 79.6 Å². The summed E-state index contributed by atoms with van der Waals surface area (Å²) in [6, 6.07) is 1.13. The Morgan fingerprint density at radius 3 is 2.20 bits per heavy atom. The van der Waals surface area contributed by atoms with Crippen LogP contribution in [0.5, 0.6) is 0 Å². The molecule has 4 heterocycles. The fourth-order valence-electron chi connectivity index (χ4n) is 6.72.